The first-order chi connectivity index (χ1) is 12.5. The van der Waals surface area contributed by atoms with Crippen molar-refractivity contribution >= 4 is 17.3 Å². The Morgan fingerprint density at radius 2 is 1.85 bits per heavy atom. The van der Waals surface area contributed by atoms with Crippen molar-refractivity contribution in [3.05, 3.63) is 65.6 Å². The normalized spacial score (nSPS) is 10.8. The lowest BCUT2D eigenvalue weighted by molar-refractivity contribution is -0.112. The van der Waals surface area contributed by atoms with Crippen molar-refractivity contribution in [3.63, 3.8) is 0 Å². The number of benzene rings is 2. The molecule has 0 radical (unpaired) electrons. The number of nitrogens with one attached hydrogen (secondary N) is 2. The number of halogens is 3. The average Bonchev–Trinajstić information content (AvgIpc) is 2.64. The van der Waals surface area contributed by atoms with Crippen molar-refractivity contribution in [1.29, 1.82) is 5.26 Å². The van der Waals surface area contributed by atoms with E-state index in [1.165, 1.54) is 0 Å². The van der Waals surface area contributed by atoms with Crippen molar-refractivity contribution in [2.75, 3.05) is 17.2 Å². The lowest BCUT2D eigenvalue weighted by Crippen LogP contribution is -2.14. The molecule has 8 heteroatoms. The molecule has 2 aromatic rings. The van der Waals surface area contributed by atoms with Crippen molar-refractivity contribution in [3.8, 4) is 11.8 Å². The minimum absolute atomic E-state index is 0.386. The topological polar surface area (TPSA) is 74.1 Å². The fraction of sp³-hybridized carbons (Fsp3) is 0.111. The Labute approximate surface area is 147 Å². The van der Waals surface area contributed by atoms with Gasteiger partial charge < -0.3 is 15.4 Å². The van der Waals surface area contributed by atoms with Crippen LogP contribution in [0.4, 0.5) is 24.5 Å². The summed E-state index contributed by atoms with van der Waals surface area (Å²) >= 11 is 0. The first kappa shape index (κ1) is 18.9. The van der Waals surface area contributed by atoms with Gasteiger partial charge >= 0.3 is 0 Å². The third-order valence-electron chi connectivity index (χ3n) is 3.20. The molecule has 0 fully saturated rings. The molecule has 134 valence electrons. The van der Waals surface area contributed by atoms with E-state index in [0.717, 1.165) is 18.3 Å². The number of ether oxygens (including phenoxy) is 1. The van der Waals surface area contributed by atoms with E-state index in [9.17, 15) is 18.0 Å². The quantitative estimate of drug-likeness (QED) is 0.464. The van der Waals surface area contributed by atoms with Crippen LogP contribution >= 0.6 is 0 Å². The molecule has 0 aliphatic carbocycles. The molecule has 0 saturated carbocycles. The van der Waals surface area contributed by atoms with Gasteiger partial charge in [-0.2, -0.15) is 5.26 Å². The number of amides is 1. The largest absolute Gasteiger partial charge is 0.494 e. The Hall–Kier alpha value is -3.47. The highest BCUT2D eigenvalue weighted by Crippen LogP contribution is 2.20. The second-order valence-electron chi connectivity index (χ2n) is 4.95. The number of carbonyl (C=O) groups excluding carboxylic acids is 1. The summed E-state index contributed by atoms with van der Waals surface area (Å²) in [6, 6.07) is 9.76. The van der Waals surface area contributed by atoms with E-state index < -0.39 is 29.0 Å². The Balaban J connectivity index is 2.10. The summed E-state index contributed by atoms with van der Waals surface area (Å²) in [5, 5.41) is 13.8. The molecule has 0 unspecified atom stereocenters. The van der Waals surface area contributed by atoms with Gasteiger partial charge in [0.1, 0.15) is 17.4 Å². The highest BCUT2D eigenvalue weighted by molar-refractivity contribution is 6.06. The maximum atomic E-state index is 13.6. The van der Waals surface area contributed by atoms with Crippen LogP contribution in [0.5, 0.6) is 5.75 Å². The molecular weight excluding hydrogens is 347 g/mol. The van der Waals surface area contributed by atoms with Crippen LogP contribution in [-0.2, 0) is 4.79 Å². The number of hydrogen-bond acceptors (Lipinski definition) is 4. The number of carbonyl (C=O) groups is 1. The third kappa shape index (κ3) is 4.54. The van der Waals surface area contributed by atoms with Gasteiger partial charge in [0.25, 0.3) is 5.91 Å². The fourth-order valence-electron chi connectivity index (χ4n) is 1.94. The molecule has 2 rings (SSSR count). The molecular formula is C18H14F3N3O2. The summed E-state index contributed by atoms with van der Waals surface area (Å²) < 4.78 is 44.9. The van der Waals surface area contributed by atoms with E-state index in [0.29, 0.717) is 18.0 Å². The van der Waals surface area contributed by atoms with E-state index in [2.05, 4.69) is 10.6 Å². The first-order valence-corrected chi connectivity index (χ1v) is 7.50. The third-order valence-corrected chi connectivity index (χ3v) is 3.20. The minimum atomic E-state index is -1.65. The zero-order valence-electron chi connectivity index (χ0n) is 13.6. The van der Waals surface area contributed by atoms with Crippen molar-refractivity contribution in [2.45, 2.75) is 6.92 Å². The van der Waals surface area contributed by atoms with Crippen LogP contribution < -0.4 is 15.4 Å². The fourth-order valence-corrected chi connectivity index (χ4v) is 1.94. The molecule has 0 atom stereocenters. The minimum Gasteiger partial charge on any atom is -0.494 e. The van der Waals surface area contributed by atoms with Crippen LogP contribution in [0, 0.1) is 28.8 Å². The maximum absolute atomic E-state index is 13.6. The first-order valence-electron chi connectivity index (χ1n) is 7.50. The zero-order chi connectivity index (χ0) is 19.1. The Morgan fingerprint density at radius 3 is 2.46 bits per heavy atom. The molecule has 2 N–H and O–H groups in total. The van der Waals surface area contributed by atoms with Crippen LogP contribution in [0.1, 0.15) is 6.92 Å². The van der Waals surface area contributed by atoms with Gasteiger partial charge in [-0.05, 0) is 43.3 Å². The van der Waals surface area contributed by atoms with Crippen molar-refractivity contribution in [2.24, 2.45) is 0 Å². The van der Waals surface area contributed by atoms with Crippen LogP contribution in [0.2, 0.25) is 0 Å². The average molecular weight is 361 g/mol. The predicted octanol–water partition coefficient (Wildman–Crippen LogP) is 3.96. The highest BCUT2D eigenvalue weighted by Gasteiger charge is 2.14. The van der Waals surface area contributed by atoms with Crippen molar-refractivity contribution in [1.82, 2.24) is 0 Å². The Morgan fingerprint density at radius 1 is 1.15 bits per heavy atom. The molecule has 0 aromatic heterocycles. The molecule has 0 saturated heterocycles. The van der Waals surface area contributed by atoms with Gasteiger partial charge in [0, 0.05) is 11.9 Å². The maximum Gasteiger partial charge on any atom is 0.267 e. The van der Waals surface area contributed by atoms with E-state index in [1.54, 1.807) is 30.3 Å². The van der Waals surface area contributed by atoms with E-state index in [4.69, 9.17) is 10.00 Å². The lowest BCUT2D eigenvalue weighted by Gasteiger charge is -2.07. The smallest absolute Gasteiger partial charge is 0.267 e. The summed E-state index contributed by atoms with van der Waals surface area (Å²) in [5.74, 6) is -4.58. The molecule has 1 amide bonds. The Kier molecular flexibility index (Phi) is 6.22. The summed E-state index contributed by atoms with van der Waals surface area (Å²) in [7, 11) is 0. The molecule has 26 heavy (non-hydrogen) atoms. The molecule has 5 nitrogen and oxygen atoms in total. The number of nitrogens with zero attached hydrogens (tertiary/aromatic N) is 1. The standard InChI is InChI=1S/C18H14F3N3O2/c1-2-26-13-5-3-12(4-6-13)24-18(25)11(9-22)10-23-15-8-7-14(19)16(20)17(15)21/h3-8,10,23H,2H2,1H3,(H,24,25)/b11-10-. The van der Waals surface area contributed by atoms with Gasteiger partial charge in [-0.25, -0.2) is 13.2 Å². The second kappa shape index (κ2) is 8.58. The molecule has 0 bridgehead atoms. The molecule has 2 aromatic carbocycles. The van der Waals surface area contributed by atoms with Crippen LogP contribution in [0.15, 0.2) is 48.2 Å². The number of rotatable bonds is 6. The zero-order valence-corrected chi connectivity index (χ0v) is 13.6. The second-order valence-corrected chi connectivity index (χ2v) is 4.95. The van der Waals surface area contributed by atoms with Gasteiger partial charge in [-0.15, -0.1) is 0 Å². The lowest BCUT2D eigenvalue weighted by atomic mass is 10.2. The molecule has 0 aliphatic rings. The Bertz CT molecular complexity index is 874. The number of anilines is 2. The van der Waals surface area contributed by atoms with Crippen LogP contribution in [0.3, 0.4) is 0 Å². The van der Waals surface area contributed by atoms with Crippen molar-refractivity contribution < 1.29 is 22.7 Å². The van der Waals surface area contributed by atoms with Gasteiger partial charge in [-0.1, -0.05) is 0 Å². The van der Waals surface area contributed by atoms with E-state index >= 15 is 0 Å². The van der Waals surface area contributed by atoms with Gasteiger partial charge in [-0.3, -0.25) is 4.79 Å². The molecule has 0 aliphatic heterocycles. The number of hydrogen-bond donors (Lipinski definition) is 2. The SMILES string of the molecule is CCOc1ccc(NC(=O)/C(C#N)=C\Nc2ccc(F)c(F)c2F)cc1. The molecule has 0 heterocycles. The summed E-state index contributed by atoms with van der Waals surface area (Å²) in [5.41, 5.74) is -0.382. The predicted molar refractivity (Wildman–Crippen MR) is 89.9 cm³/mol. The van der Waals surface area contributed by atoms with E-state index in [1.807, 2.05) is 6.92 Å². The summed E-state index contributed by atoms with van der Waals surface area (Å²) in [6.45, 7) is 2.34. The van der Waals surface area contributed by atoms with Gasteiger partial charge in [0.15, 0.2) is 17.5 Å². The monoisotopic (exact) mass is 361 g/mol. The number of nitriles is 1. The summed E-state index contributed by atoms with van der Waals surface area (Å²) in [4.78, 5) is 12.1. The summed E-state index contributed by atoms with van der Waals surface area (Å²) in [6.07, 6.45) is 0.902. The van der Waals surface area contributed by atoms with E-state index in [-0.39, 0.29) is 5.57 Å². The van der Waals surface area contributed by atoms with Gasteiger partial charge in [0.2, 0.25) is 0 Å². The van der Waals surface area contributed by atoms with Gasteiger partial charge in [0.05, 0.1) is 12.3 Å². The van der Waals surface area contributed by atoms with Crippen LogP contribution in [0.25, 0.3) is 0 Å². The molecule has 0 spiro atoms. The highest BCUT2D eigenvalue weighted by atomic mass is 19.2. The van der Waals surface area contributed by atoms with Crippen LogP contribution in [-0.4, -0.2) is 12.5 Å².